The summed E-state index contributed by atoms with van der Waals surface area (Å²) in [6, 6.07) is 0. The van der Waals surface area contributed by atoms with E-state index in [-0.39, 0.29) is 0 Å². The predicted molar refractivity (Wildman–Crippen MR) is 138 cm³/mol. The van der Waals surface area contributed by atoms with E-state index in [2.05, 4.69) is 13.8 Å². The van der Waals surface area contributed by atoms with Crippen LogP contribution >= 0.6 is 0 Å². The Morgan fingerprint density at radius 3 is 0.833 bits per heavy atom. The second-order valence-electron chi connectivity index (χ2n) is 10.8. The van der Waals surface area contributed by atoms with Crippen LogP contribution in [0.15, 0.2) is 0 Å². The molecule has 0 radical (unpaired) electrons. The van der Waals surface area contributed by atoms with Gasteiger partial charge in [0.15, 0.2) is 0 Å². The van der Waals surface area contributed by atoms with Gasteiger partial charge in [-0.2, -0.15) is 0 Å². The molecule has 0 saturated heterocycles. The largest absolute Gasteiger partial charge is 0.0654 e. The minimum absolute atomic E-state index is 1.14. The molecule has 0 bridgehead atoms. The fraction of sp³-hybridized carbons (Fsp3) is 1.00. The maximum Gasteiger partial charge on any atom is -0.0383 e. The Morgan fingerprint density at radius 1 is 0.333 bits per heavy atom. The lowest BCUT2D eigenvalue weighted by Gasteiger charge is -2.04. The Balaban J connectivity index is 1.67. The molecule has 0 nitrogen and oxygen atoms in total. The first-order chi connectivity index (χ1) is 14.9. The molecular weight excluding hydrogens is 360 g/mol. The lowest BCUT2D eigenvalue weighted by molar-refractivity contribution is 0.505. The average molecular weight is 421 g/mol. The fourth-order valence-corrected chi connectivity index (χ4v) is 5.34. The molecule has 2 unspecified atom stereocenters. The van der Waals surface area contributed by atoms with E-state index in [1.54, 1.807) is 19.3 Å². The summed E-state index contributed by atoms with van der Waals surface area (Å²) in [4.78, 5) is 0. The summed E-state index contributed by atoms with van der Waals surface area (Å²) in [5.41, 5.74) is 0. The van der Waals surface area contributed by atoms with Gasteiger partial charge in [-0.1, -0.05) is 174 Å². The summed E-state index contributed by atoms with van der Waals surface area (Å²) in [5.74, 6) is 2.27. The quantitative estimate of drug-likeness (QED) is 0.129. The first kappa shape index (κ1) is 28.0. The number of unbranched alkanes of at least 4 members (excludes halogenated alkanes) is 21. The van der Waals surface area contributed by atoms with Crippen LogP contribution in [0.5, 0.6) is 0 Å². The van der Waals surface area contributed by atoms with Crippen LogP contribution in [0, 0.1) is 11.8 Å². The van der Waals surface area contributed by atoms with Crippen LogP contribution in [0.3, 0.4) is 0 Å². The zero-order valence-electron chi connectivity index (χ0n) is 21.5. The molecule has 0 N–H and O–H groups in total. The zero-order valence-corrected chi connectivity index (χ0v) is 21.5. The molecule has 0 aromatic carbocycles. The van der Waals surface area contributed by atoms with Gasteiger partial charge in [-0.3, -0.25) is 0 Å². The minimum Gasteiger partial charge on any atom is -0.0654 e. The molecule has 1 saturated carbocycles. The molecule has 1 aliphatic rings. The van der Waals surface area contributed by atoms with Crippen molar-refractivity contribution in [2.45, 2.75) is 181 Å². The second kappa shape index (κ2) is 22.2. The molecule has 0 spiro atoms. The van der Waals surface area contributed by atoms with E-state index < -0.39 is 0 Å². The van der Waals surface area contributed by atoms with Crippen molar-refractivity contribution in [2.75, 3.05) is 0 Å². The van der Waals surface area contributed by atoms with E-state index in [4.69, 9.17) is 0 Å². The summed E-state index contributed by atoms with van der Waals surface area (Å²) in [7, 11) is 0. The van der Waals surface area contributed by atoms with E-state index in [1.807, 2.05) is 0 Å². The molecule has 0 heterocycles. The van der Waals surface area contributed by atoms with E-state index in [0.717, 1.165) is 11.8 Å². The van der Waals surface area contributed by atoms with Crippen LogP contribution in [0.25, 0.3) is 0 Å². The molecule has 0 heteroatoms. The summed E-state index contributed by atoms with van der Waals surface area (Å²) in [6.07, 6.45) is 38.8. The molecule has 0 aliphatic heterocycles. The molecule has 1 rings (SSSR count). The number of rotatable bonds is 25. The van der Waals surface area contributed by atoms with Crippen molar-refractivity contribution < 1.29 is 0 Å². The predicted octanol–water partition coefficient (Wildman–Crippen LogP) is 11.4. The molecule has 0 aromatic rings. The molecule has 180 valence electrons. The minimum atomic E-state index is 1.14. The van der Waals surface area contributed by atoms with E-state index in [1.165, 1.54) is 148 Å². The maximum atomic E-state index is 2.31. The molecule has 1 aliphatic carbocycles. The smallest absolute Gasteiger partial charge is 0.0383 e. The van der Waals surface area contributed by atoms with Crippen molar-refractivity contribution in [1.29, 1.82) is 0 Å². The van der Waals surface area contributed by atoms with Gasteiger partial charge in [-0.05, 0) is 18.3 Å². The van der Waals surface area contributed by atoms with E-state index >= 15 is 0 Å². The van der Waals surface area contributed by atoms with Gasteiger partial charge in [-0.15, -0.1) is 0 Å². The summed E-state index contributed by atoms with van der Waals surface area (Å²) in [6.45, 7) is 4.62. The Kier molecular flexibility index (Phi) is 20.7. The molecule has 30 heavy (non-hydrogen) atoms. The van der Waals surface area contributed by atoms with Crippen molar-refractivity contribution in [3.05, 3.63) is 0 Å². The van der Waals surface area contributed by atoms with Gasteiger partial charge in [-0.25, -0.2) is 0 Å². The van der Waals surface area contributed by atoms with Crippen molar-refractivity contribution in [3.8, 4) is 0 Å². The lowest BCUT2D eigenvalue weighted by atomic mass is 10.0. The SMILES string of the molecule is CCCCCCCCCCCCCCCCCCC1CC1CCCCCCCCC. The van der Waals surface area contributed by atoms with E-state index in [0.29, 0.717) is 0 Å². The average Bonchev–Trinajstić information content (AvgIpc) is 3.51. The Bertz CT molecular complexity index is 320. The Hall–Kier alpha value is 0. The van der Waals surface area contributed by atoms with E-state index in [9.17, 15) is 0 Å². The lowest BCUT2D eigenvalue weighted by Crippen LogP contribution is -1.87. The first-order valence-corrected chi connectivity index (χ1v) is 14.9. The molecule has 2 atom stereocenters. The monoisotopic (exact) mass is 420 g/mol. The highest BCUT2D eigenvalue weighted by atomic mass is 14.4. The van der Waals surface area contributed by atoms with Crippen LogP contribution in [-0.2, 0) is 0 Å². The summed E-state index contributed by atoms with van der Waals surface area (Å²) < 4.78 is 0. The third kappa shape index (κ3) is 18.7. The van der Waals surface area contributed by atoms with Gasteiger partial charge in [0.05, 0.1) is 0 Å². The topological polar surface area (TPSA) is 0 Å². The van der Waals surface area contributed by atoms with Crippen LogP contribution in [0.4, 0.5) is 0 Å². The van der Waals surface area contributed by atoms with Crippen LogP contribution < -0.4 is 0 Å². The van der Waals surface area contributed by atoms with Crippen molar-refractivity contribution in [3.63, 3.8) is 0 Å². The highest BCUT2D eigenvalue weighted by molar-refractivity contribution is 4.85. The molecule has 1 fully saturated rings. The van der Waals surface area contributed by atoms with Crippen LogP contribution in [0.1, 0.15) is 181 Å². The van der Waals surface area contributed by atoms with Gasteiger partial charge in [0.2, 0.25) is 0 Å². The first-order valence-electron chi connectivity index (χ1n) is 14.9. The molecule has 0 aromatic heterocycles. The number of hydrogen-bond donors (Lipinski definition) is 0. The maximum absolute atomic E-state index is 2.31. The van der Waals surface area contributed by atoms with Gasteiger partial charge in [0.1, 0.15) is 0 Å². The van der Waals surface area contributed by atoms with Gasteiger partial charge < -0.3 is 0 Å². The third-order valence-corrected chi connectivity index (χ3v) is 7.68. The fourth-order valence-electron chi connectivity index (χ4n) is 5.34. The summed E-state index contributed by atoms with van der Waals surface area (Å²) in [5, 5.41) is 0. The third-order valence-electron chi connectivity index (χ3n) is 7.68. The highest BCUT2D eigenvalue weighted by Crippen LogP contribution is 2.45. The van der Waals surface area contributed by atoms with Gasteiger partial charge in [0.25, 0.3) is 0 Å². The van der Waals surface area contributed by atoms with Crippen LogP contribution in [-0.4, -0.2) is 0 Å². The van der Waals surface area contributed by atoms with Gasteiger partial charge >= 0.3 is 0 Å². The zero-order chi connectivity index (χ0) is 21.5. The number of hydrogen-bond acceptors (Lipinski definition) is 0. The normalized spacial score (nSPS) is 18.2. The van der Waals surface area contributed by atoms with Crippen LogP contribution in [0.2, 0.25) is 0 Å². The standard InChI is InChI=1S/C30H60/c1-3-5-7-9-11-12-13-14-15-16-17-18-19-21-23-25-27-30-28-29(30)26-24-22-20-10-8-6-4-2/h29-30H,3-28H2,1-2H3. The molecular formula is C30H60. The second-order valence-corrected chi connectivity index (χ2v) is 10.8. The van der Waals surface area contributed by atoms with Gasteiger partial charge in [0, 0.05) is 0 Å². The molecule has 0 amide bonds. The van der Waals surface area contributed by atoms with Crippen molar-refractivity contribution in [1.82, 2.24) is 0 Å². The van der Waals surface area contributed by atoms with Crippen molar-refractivity contribution >= 4 is 0 Å². The Morgan fingerprint density at radius 2 is 0.567 bits per heavy atom. The van der Waals surface area contributed by atoms with Crippen molar-refractivity contribution in [2.24, 2.45) is 11.8 Å². The highest BCUT2D eigenvalue weighted by Gasteiger charge is 2.34. The Labute approximate surface area is 192 Å². The summed E-state index contributed by atoms with van der Waals surface area (Å²) >= 11 is 0.